The number of benzene rings is 3. The third kappa shape index (κ3) is 5.39. The van der Waals surface area contributed by atoms with E-state index in [1.165, 1.54) is 0 Å². The number of nitrogens with zero attached hydrogens (tertiary/aromatic N) is 3. The summed E-state index contributed by atoms with van der Waals surface area (Å²) in [6, 6.07) is 22.4. The fourth-order valence-electron chi connectivity index (χ4n) is 4.43. The second-order valence-electron chi connectivity index (χ2n) is 8.97. The SMILES string of the molecule is COc1ccc(CCC(=O)N(C2CC2)C(C(=O)NCc2ccccc2)c2cccc3nsnc23)cc1. The Morgan fingerprint density at radius 2 is 1.78 bits per heavy atom. The molecule has 4 aromatic rings. The number of carbonyl (C=O) groups is 2. The first-order valence-electron chi connectivity index (χ1n) is 12.1. The molecule has 2 amide bonds. The Kier molecular flexibility index (Phi) is 7.23. The first-order chi connectivity index (χ1) is 17.6. The second-order valence-corrected chi connectivity index (χ2v) is 9.49. The van der Waals surface area contributed by atoms with Crippen LogP contribution in [0.1, 0.15) is 42.0 Å². The number of hydrogen-bond acceptors (Lipinski definition) is 6. The third-order valence-corrected chi connectivity index (χ3v) is 7.01. The minimum atomic E-state index is -0.767. The lowest BCUT2D eigenvalue weighted by molar-refractivity contribution is -0.141. The zero-order chi connectivity index (χ0) is 24.9. The topological polar surface area (TPSA) is 84.4 Å². The monoisotopic (exact) mass is 500 g/mol. The number of fused-ring (bicyclic) bond motifs is 1. The molecular formula is C28H28N4O3S. The largest absolute Gasteiger partial charge is 0.497 e. The molecule has 1 heterocycles. The van der Waals surface area contributed by atoms with Gasteiger partial charge in [0, 0.05) is 24.6 Å². The first-order valence-corrected chi connectivity index (χ1v) is 12.8. The molecule has 7 nitrogen and oxygen atoms in total. The van der Waals surface area contributed by atoms with Crippen LogP contribution in [-0.4, -0.2) is 38.6 Å². The number of nitrogens with one attached hydrogen (secondary N) is 1. The normalized spacial score (nSPS) is 13.8. The van der Waals surface area contributed by atoms with Crippen LogP contribution in [0.15, 0.2) is 72.8 Å². The van der Waals surface area contributed by atoms with Crippen molar-refractivity contribution in [3.05, 3.63) is 89.5 Å². The van der Waals surface area contributed by atoms with Gasteiger partial charge in [0.15, 0.2) is 0 Å². The van der Waals surface area contributed by atoms with Crippen molar-refractivity contribution >= 4 is 34.6 Å². The lowest BCUT2D eigenvalue weighted by Crippen LogP contribution is -2.45. The summed E-state index contributed by atoms with van der Waals surface area (Å²) in [4.78, 5) is 29.2. The van der Waals surface area contributed by atoms with Crippen molar-refractivity contribution in [3.63, 3.8) is 0 Å². The van der Waals surface area contributed by atoms with Crippen LogP contribution in [-0.2, 0) is 22.6 Å². The summed E-state index contributed by atoms with van der Waals surface area (Å²) >= 11 is 1.12. The summed E-state index contributed by atoms with van der Waals surface area (Å²) in [5.74, 6) is 0.544. The maximum absolute atomic E-state index is 13.7. The lowest BCUT2D eigenvalue weighted by Gasteiger charge is -2.32. The predicted octanol–water partition coefficient (Wildman–Crippen LogP) is 4.68. The molecule has 0 saturated heterocycles. The minimum Gasteiger partial charge on any atom is -0.497 e. The minimum absolute atomic E-state index is 0.0339. The molecule has 1 N–H and O–H groups in total. The van der Waals surface area contributed by atoms with E-state index in [4.69, 9.17) is 4.74 Å². The van der Waals surface area contributed by atoms with Gasteiger partial charge in [-0.2, -0.15) is 8.75 Å². The standard InChI is InChI=1S/C28H28N4O3S/c1-35-22-15-10-19(11-16-22)12-17-25(33)32(21-13-14-21)27(23-8-5-9-24-26(23)31-36-30-24)28(34)29-18-20-6-3-2-4-7-20/h2-11,15-16,21,27H,12-14,17-18H2,1H3,(H,29,34). The third-order valence-electron chi connectivity index (χ3n) is 6.46. The molecular weight excluding hydrogens is 472 g/mol. The Labute approximate surface area is 214 Å². The van der Waals surface area contributed by atoms with Crippen molar-refractivity contribution in [1.82, 2.24) is 19.0 Å². The molecule has 5 rings (SSSR count). The van der Waals surface area contributed by atoms with Gasteiger partial charge in [0.2, 0.25) is 11.8 Å². The Morgan fingerprint density at radius 1 is 1.00 bits per heavy atom. The molecule has 1 saturated carbocycles. The van der Waals surface area contributed by atoms with E-state index in [9.17, 15) is 9.59 Å². The molecule has 0 bridgehead atoms. The summed E-state index contributed by atoms with van der Waals surface area (Å²) in [6.07, 6.45) is 2.69. The van der Waals surface area contributed by atoms with Gasteiger partial charge in [-0.3, -0.25) is 9.59 Å². The molecule has 3 aromatic carbocycles. The van der Waals surface area contributed by atoms with E-state index < -0.39 is 6.04 Å². The fraction of sp³-hybridized carbons (Fsp3) is 0.286. The number of aryl methyl sites for hydroxylation is 1. The highest BCUT2D eigenvalue weighted by atomic mass is 32.1. The summed E-state index contributed by atoms with van der Waals surface area (Å²) in [7, 11) is 1.63. The van der Waals surface area contributed by atoms with E-state index in [0.717, 1.165) is 52.5 Å². The van der Waals surface area contributed by atoms with Crippen LogP contribution >= 0.6 is 11.7 Å². The Morgan fingerprint density at radius 3 is 2.50 bits per heavy atom. The lowest BCUT2D eigenvalue weighted by atomic mass is 10.0. The van der Waals surface area contributed by atoms with E-state index in [-0.39, 0.29) is 17.9 Å². The van der Waals surface area contributed by atoms with E-state index >= 15 is 0 Å². The van der Waals surface area contributed by atoms with Gasteiger partial charge in [-0.05, 0) is 48.6 Å². The van der Waals surface area contributed by atoms with Crippen molar-refractivity contribution in [3.8, 4) is 5.75 Å². The molecule has 0 aliphatic heterocycles. The van der Waals surface area contributed by atoms with Gasteiger partial charge < -0.3 is 15.0 Å². The molecule has 0 radical (unpaired) electrons. The highest BCUT2D eigenvalue weighted by Crippen LogP contribution is 2.37. The van der Waals surface area contributed by atoms with Crippen molar-refractivity contribution < 1.29 is 14.3 Å². The van der Waals surface area contributed by atoms with Crippen molar-refractivity contribution in [2.75, 3.05) is 7.11 Å². The van der Waals surface area contributed by atoms with Gasteiger partial charge in [-0.25, -0.2) is 0 Å². The Balaban J connectivity index is 1.42. The van der Waals surface area contributed by atoms with E-state index in [0.29, 0.717) is 24.9 Å². The van der Waals surface area contributed by atoms with Crippen molar-refractivity contribution in [2.24, 2.45) is 0 Å². The summed E-state index contributed by atoms with van der Waals surface area (Å²) in [5.41, 5.74) is 4.19. The zero-order valence-corrected chi connectivity index (χ0v) is 20.9. The molecule has 0 spiro atoms. The van der Waals surface area contributed by atoms with Crippen LogP contribution in [0.25, 0.3) is 11.0 Å². The summed E-state index contributed by atoms with van der Waals surface area (Å²) in [5, 5.41) is 3.07. The van der Waals surface area contributed by atoms with Crippen LogP contribution in [0, 0.1) is 0 Å². The number of hydrogen-bond donors (Lipinski definition) is 1. The zero-order valence-electron chi connectivity index (χ0n) is 20.1. The highest BCUT2D eigenvalue weighted by Gasteiger charge is 2.41. The molecule has 1 aliphatic carbocycles. The molecule has 1 unspecified atom stereocenters. The van der Waals surface area contributed by atoms with Crippen LogP contribution in [0.3, 0.4) is 0 Å². The molecule has 1 fully saturated rings. The number of ether oxygens (including phenoxy) is 1. The molecule has 1 aliphatic rings. The smallest absolute Gasteiger partial charge is 0.247 e. The maximum Gasteiger partial charge on any atom is 0.247 e. The van der Waals surface area contributed by atoms with Crippen LogP contribution in [0.4, 0.5) is 0 Å². The Hall–Kier alpha value is -3.78. The number of rotatable bonds is 10. The maximum atomic E-state index is 13.7. The predicted molar refractivity (Wildman–Crippen MR) is 140 cm³/mol. The number of carbonyl (C=O) groups excluding carboxylic acids is 2. The number of aromatic nitrogens is 2. The molecule has 8 heteroatoms. The fourth-order valence-corrected chi connectivity index (χ4v) is 4.99. The van der Waals surface area contributed by atoms with Gasteiger partial charge in [0.1, 0.15) is 22.8 Å². The van der Waals surface area contributed by atoms with E-state index in [1.54, 1.807) is 12.0 Å². The van der Waals surface area contributed by atoms with Gasteiger partial charge in [-0.1, -0.05) is 54.6 Å². The molecule has 184 valence electrons. The Bertz CT molecular complexity index is 1340. The van der Waals surface area contributed by atoms with E-state index in [1.807, 2.05) is 72.8 Å². The summed E-state index contributed by atoms with van der Waals surface area (Å²) < 4.78 is 14.1. The van der Waals surface area contributed by atoms with E-state index in [2.05, 4.69) is 14.1 Å². The quantitative estimate of drug-likeness (QED) is 0.342. The van der Waals surface area contributed by atoms with Gasteiger partial charge >= 0.3 is 0 Å². The van der Waals surface area contributed by atoms with Crippen LogP contribution in [0.2, 0.25) is 0 Å². The average molecular weight is 501 g/mol. The van der Waals surface area contributed by atoms with Gasteiger partial charge in [0.05, 0.1) is 18.8 Å². The molecule has 1 aromatic heterocycles. The average Bonchev–Trinajstić information content (AvgIpc) is 3.64. The second kappa shape index (κ2) is 10.9. The van der Waals surface area contributed by atoms with Gasteiger partial charge in [0.25, 0.3) is 0 Å². The summed E-state index contributed by atoms with van der Waals surface area (Å²) in [6.45, 7) is 0.389. The van der Waals surface area contributed by atoms with Crippen LogP contribution in [0.5, 0.6) is 5.75 Å². The first kappa shape index (κ1) is 23.9. The van der Waals surface area contributed by atoms with Crippen LogP contribution < -0.4 is 10.1 Å². The molecule has 1 atom stereocenters. The van der Waals surface area contributed by atoms with Crippen molar-refractivity contribution in [1.29, 1.82) is 0 Å². The highest BCUT2D eigenvalue weighted by molar-refractivity contribution is 7.00. The van der Waals surface area contributed by atoms with Crippen molar-refractivity contribution in [2.45, 2.75) is 44.3 Å². The molecule has 36 heavy (non-hydrogen) atoms. The number of methoxy groups -OCH3 is 1. The van der Waals surface area contributed by atoms with Gasteiger partial charge in [-0.15, -0.1) is 0 Å². The number of amides is 2.